The van der Waals surface area contributed by atoms with Crippen molar-refractivity contribution in [1.82, 2.24) is 5.43 Å². The van der Waals surface area contributed by atoms with Crippen LogP contribution in [0.1, 0.15) is 18.1 Å². The smallest absolute Gasteiger partial charge is 0.191 e. The Kier molecular flexibility index (Phi) is 6.14. The molecule has 2 aromatic carbocycles. The van der Waals surface area contributed by atoms with Gasteiger partial charge in [0.05, 0.1) is 19.9 Å². The summed E-state index contributed by atoms with van der Waals surface area (Å²) in [5, 5.41) is 7.88. The first-order valence-corrected chi connectivity index (χ1v) is 7.85. The molecule has 2 aromatic rings. The Morgan fingerprint density at radius 2 is 1.83 bits per heavy atom. The van der Waals surface area contributed by atoms with Crippen LogP contribution in [-0.4, -0.2) is 25.0 Å². The number of para-hydroxylation sites is 1. The Labute approximate surface area is 147 Å². The zero-order valence-corrected chi connectivity index (χ0v) is 15.0. The first kappa shape index (κ1) is 17.7. The molecule has 0 bridgehead atoms. The molecule has 2 rings (SSSR count). The van der Waals surface area contributed by atoms with Gasteiger partial charge in [-0.25, -0.2) is 0 Å². The van der Waals surface area contributed by atoms with Gasteiger partial charge in [-0.3, -0.25) is 5.43 Å². The highest BCUT2D eigenvalue weighted by Crippen LogP contribution is 2.24. The first-order valence-electron chi connectivity index (χ1n) is 7.44. The predicted molar refractivity (Wildman–Crippen MR) is 102 cm³/mol. The number of hydrogen-bond acceptors (Lipinski definition) is 4. The van der Waals surface area contributed by atoms with Crippen LogP contribution in [0.4, 0.5) is 5.69 Å². The van der Waals surface area contributed by atoms with Crippen LogP contribution in [0.5, 0.6) is 11.5 Å². The maximum atomic E-state index is 5.37. The molecule has 0 aliphatic rings. The fraction of sp³-hybridized carbons (Fsp3) is 0.222. The van der Waals surface area contributed by atoms with Crippen LogP contribution < -0.4 is 20.2 Å². The minimum absolute atomic E-state index is 0.422. The first-order chi connectivity index (χ1) is 11.5. The normalized spacial score (nSPS) is 10.9. The van der Waals surface area contributed by atoms with E-state index in [2.05, 4.69) is 15.8 Å². The summed E-state index contributed by atoms with van der Waals surface area (Å²) in [6.07, 6.45) is 0. The molecule has 0 saturated heterocycles. The maximum Gasteiger partial charge on any atom is 0.191 e. The van der Waals surface area contributed by atoms with Gasteiger partial charge in [0.2, 0.25) is 0 Å². The SMILES string of the molecule is COc1ccc(OC)c(/C(C)=N\NC(=S)Nc2ccccc2C)c1. The zero-order valence-electron chi connectivity index (χ0n) is 14.2. The molecule has 126 valence electrons. The zero-order chi connectivity index (χ0) is 17.5. The van der Waals surface area contributed by atoms with E-state index in [1.807, 2.05) is 56.3 Å². The van der Waals surface area contributed by atoms with Crippen LogP contribution in [0.3, 0.4) is 0 Å². The summed E-state index contributed by atoms with van der Waals surface area (Å²) in [6.45, 7) is 3.89. The van der Waals surface area contributed by atoms with E-state index in [0.717, 1.165) is 34.0 Å². The van der Waals surface area contributed by atoms with Gasteiger partial charge in [0.15, 0.2) is 5.11 Å². The van der Waals surface area contributed by atoms with Crippen molar-refractivity contribution in [2.45, 2.75) is 13.8 Å². The number of nitrogens with zero attached hydrogens (tertiary/aromatic N) is 1. The number of nitrogens with one attached hydrogen (secondary N) is 2. The molecule has 0 aliphatic carbocycles. The molecular weight excluding hydrogens is 322 g/mol. The summed E-state index contributed by atoms with van der Waals surface area (Å²) >= 11 is 5.29. The van der Waals surface area contributed by atoms with Crippen LogP contribution >= 0.6 is 12.2 Å². The van der Waals surface area contributed by atoms with Gasteiger partial charge in [-0.15, -0.1) is 0 Å². The van der Waals surface area contributed by atoms with E-state index in [4.69, 9.17) is 21.7 Å². The number of methoxy groups -OCH3 is 2. The summed E-state index contributed by atoms with van der Waals surface area (Å²) in [5.41, 5.74) is 6.48. The molecule has 6 heteroatoms. The lowest BCUT2D eigenvalue weighted by Gasteiger charge is -2.12. The number of hydrazone groups is 1. The minimum Gasteiger partial charge on any atom is -0.497 e. The lowest BCUT2D eigenvalue weighted by Crippen LogP contribution is -2.25. The molecule has 0 spiro atoms. The van der Waals surface area contributed by atoms with Gasteiger partial charge in [-0.2, -0.15) is 5.10 Å². The second-order valence-electron chi connectivity index (χ2n) is 5.14. The average Bonchev–Trinajstić information content (AvgIpc) is 2.61. The fourth-order valence-corrected chi connectivity index (χ4v) is 2.31. The Balaban J connectivity index is 2.11. The van der Waals surface area contributed by atoms with Crippen molar-refractivity contribution >= 4 is 28.7 Å². The lowest BCUT2D eigenvalue weighted by molar-refractivity contribution is 0.402. The Morgan fingerprint density at radius 1 is 1.08 bits per heavy atom. The largest absolute Gasteiger partial charge is 0.497 e. The van der Waals surface area contributed by atoms with E-state index in [-0.39, 0.29) is 0 Å². The standard InChI is InChI=1S/C18H21N3O2S/c1-12-7-5-6-8-16(12)19-18(24)21-20-13(2)15-11-14(22-3)9-10-17(15)23-4/h5-11H,1-4H3,(H2,19,21,24)/b20-13-. The van der Waals surface area contributed by atoms with Gasteiger partial charge in [0.25, 0.3) is 0 Å². The molecule has 0 aliphatic heterocycles. The van der Waals surface area contributed by atoms with E-state index >= 15 is 0 Å². The van der Waals surface area contributed by atoms with Crippen molar-refractivity contribution in [1.29, 1.82) is 0 Å². The van der Waals surface area contributed by atoms with Gasteiger partial charge in [0, 0.05) is 11.3 Å². The number of rotatable bonds is 5. The Hall–Kier alpha value is -2.60. The van der Waals surface area contributed by atoms with Gasteiger partial charge in [-0.05, 0) is 55.9 Å². The summed E-state index contributed by atoms with van der Waals surface area (Å²) in [7, 11) is 3.24. The molecule has 0 heterocycles. The molecule has 24 heavy (non-hydrogen) atoms. The van der Waals surface area contributed by atoms with Gasteiger partial charge in [0.1, 0.15) is 11.5 Å². The third-order valence-corrected chi connectivity index (χ3v) is 3.71. The van der Waals surface area contributed by atoms with E-state index in [9.17, 15) is 0 Å². The summed E-state index contributed by atoms with van der Waals surface area (Å²) in [5.74, 6) is 1.46. The van der Waals surface area contributed by atoms with Crippen LogP contribution in [0.2, 0.25) is 0 Å². The van der Waals surface area contributed by atoms with Crippen LogP contribution in [-0.2, 0) is 0 Å². The number of thiocarbonyl (C=S) groups is 1. The van der Waals surface area contributed by atoms with Gasteiger partial charge >= 0.3 is 0 Å². The monoisotopic (exact) mass is 343 g/mol. The third kappa shape index (κ3) is 4.45. The van der Waals surface area contributed by atoms with Crippen molar-refractivity contribution in [3.63, 3.8) is 0 Å². The van der Waals surface area contributed by atoms with Crippen molar-refractivity contribution in [3.05, 3.63) is 53.6 Å². The highest BCUT2D eigenvalue weighted by atomic mass is 32.1. The molecular formula is C18H21N3O2S. The number of hydrogen-bond donors (Lipinski definition) is 2. The molecule has 5 nitrogen and oxygen atoms in total. The van der Waals surface area contributed by atoms with Crippen LogP contribution in [0.15, 0.2) is 47.6 Å². The van der Waals surface area contributed by atoms with E-state index in [0.29, 0.717) is 5.11 Å². The van der Waals surface area contributed by atoms with Crippen molar-refractivity contribution in [2.24, 2.45) is 5.10 Å². The molecule has 0 atom stereocenters. The predicted octanol–water partition coefficient (Wildman–Crippen LogP) is 3.72. The van der Waals surface area contributed by atoms with Gasteiger partial charge in [-0.1, -0.05) is 18.2 Å². The Morgan fingerprint density at radius 3 is 2.50 bits per heavy atom. The lowest BCUT2D eigenvalue weighted by atomic mass is 10.1. The van der Waals surface area contributed by atoms with E-state index in [1.54, 1.807) is 14.2 Å². The second-order valence-corrected chi connectivity index (χ2v) is 5.55. The number of benzene rings is 2. The van der Waals surface area contributed by atoms with E-state index in [1.165, 1.54) is 0 Å². The van der Waals surface area contributed by atoms with Crippen molar-refractivity contribution < 1.29 is 9.47 Å². The molecule has 0 aromatic heterocycles. The molecule has 0 fully saturated rings. The molecule has 2 N–H and O–H groups in total. The summed E-state index contributed by atoms with van der Waals surface area (Å²) in [6, 6.07) is 13.5. The van der Waals surface area contributed by atoms with Crippen LogP contribution in [0, 0.1) is 6.92 Å². The maximum absolute atomic E-state index is 5.37. The Bertz CT molecular complexity index is 760. The summed E-state index contributed by atoms with van der Waals surface area (Å²) < 4.78 is 10.6. The fourth-order valence-electron chi connectivity index (χ4n) is 2.16. The summed E-state index contributed by atoms with van der Waals surface area (Å²) in [4.78, 5) is 0. The third-order valence-electron chi connectivity index (χ3n) is 3.51. The number of anilines is 1. The molecule has 0 unspecified atom stereocenters. The second kappa shape index (κ2) is 8.31. The van der Waals surface area contributed by atoms with Crippen molar-refractivity contribution in [2.75, 3.05) is 19.5 Å². The average molecular weight is 343 g/mol. The highest BCUT2D eigenvalue weighted by molar-refractivity contribution is 7.80. The molecule has 0 saturated carbocycles. The topological polar surface area (TPSA) is 54.9 Å². The molecule has 0 radical (unpaired) electrons. The molecule has 0 amide bonds. The number of ether oxygens (including phenoxy) is 2. The van der Waals surface area contributed by atoms with E-state index < -0.39 is 0 Å². The number of aryl methyl sites for hydroxylation is 1. The minimum atomic E-state index is 0.422. The quantitative estimate of drug-likeness (QED) is 0.492. The van der Waals surface area contributed by atoms with Gasteiger partial charge < -0.3 is 14.8 Å². The highest BCUT2D eigenvalue weighted by Gasteiger charge is 2.08. The van der Waals surface area contributed by atoms with Crippen LogP contribution in [0.25, 0.3) is 0 Å². The van der Waals surface area contributed by atoms with Crippen molar-refractivity contribution in [3.8, 4) is 11.5 Å².